The Kier molecular flexibility index (Phi) is 3.31. The second-order valence-corrected chi connectivity index (χ2v) is 5.11. The van der Waals surface area contributed by atoms with E-state index in [-0.39, 0.29) is 12.3 Å². The Balaban J connectivity index is 1.84. The van der Waals surface area contributed by atoms with Gasteiger partial charge in [0.25, 0.3) is 11.8 Å². The van der Waals surface area contributed by atoms with E-state index in [4.69, 9.17) is 11.6 Å². The summed E-state index contributed by atoms with van der Waals surface area (Å²) in [6.07, 6.45) is 0. The molecule has 2 aromatic carbocycles. The van der Waals surface area contributed by atoms with Gasteiger partial charge in [0.15, 0.2) is 5.78 Å². The number of Topliss-reactive ketones (excluding diaryl/α,β-unsaturated/α-hetero) is 1. The third-order valence-corrected chi connectivity index (χ3v) is 3.60. The standard InChI is InChI=1S/C16H10ClNO3/c17-11-7-5-10(6-8-11)14(19)9-18-15(20)12-3-1-2-4-13(12)16(18)21/h1-8H,9H2. The molecule has 0 fully saturated rings. The van der Waals surface area contributed by atoms with Crippen LogP contribution in [-0.2, 0) is 0 Å². The molecule has 0 aromatic heterocycles. The first-order valence-electron chi connectivity index (χ1n) is 6.32. The van der Waals surface area contributed by atoms with Gasteiger partial charge < -0.3 is 0 Å². The number of nitrogens with zero attached hydrogens (tertiary/aromatic N) is 1. The van der Waals surface area contributed by atoms with Crippen molar-refractivity contribution in [3.63, 3.8) is 0 Å². The Morgan fingerprint density at radius 1 is 0.905 bits per heavy atom. The molecule has 0 N–H and O–H groups in total. The summed E-state index contributed by atoms with van der Waals surface area (Å²) >= 11 is 5.76. The normalized spacial score (nSPS) is 13.5. The van der Waals surface area contributed by atoms with E-state index in [1.54, 1.807) is 48.5 Å². The van der Waals surface area contributed by atoms with Gasteiger partial charge in [-0.1, -0.05) is 23.7 Å². The minimum atomic E-state index is -0.432. The molecule has 0 unspecified atom stereocenters. The van der Waals surface area contributed by atoms with Crippen molar-refractivity contribution in [3.05, 3.63) is 70.2 Å². The number of imide groups is 1. The van der Waals surface area contributed by atoms with E-state index in [1.807, 2.05) is 0 Å². The average molecular weight is 300 g/mol. The van der Waals surface area contributed by atoms with Gasteiger partial charge >= 0.3 is 0 Å². The van der Waals surface area contributed by atoms with Gasteiger partial charge in [0, 0.05) is 10.6 Å². The molecule has 1 aliphatic rings. The van der Waals surface area contributed by atoms with Crippen molar-refractivity contribution in [2.45, 2.75) is 0 Å². The van der Waals surface area contributed by atoms with Crippen LogP contribution in [0.15, 0.2) is 48.5 Å². The van der Waals surface area contributed by atoms with Crippen LogP contribution in [0.2, 0.25) is 5.02 Å². The van der Waals surface area contributed by atoms with Gasteiger partial charge in [0.1, 0.15) is 0 Å². The SMILES string of the molecule is O=C(CN1C(=O)c2ccccc2C1=O)c1ccc(Cl)cc1. The minimum absolute atomic E-state index is 0.270. The van der Waals surface area contributed by atoms with E-state index in [0.29, 0.717) is 21.7 Å². The highest BCUT2D eigenvalue weighted by Gasteiger charge is 2.36. The van der Waals surface area contributed by atoms with E-state index in [9.17, 15) is 14.4 Å². The maximum absolute atomic E-state index is 12.2. The van der Waals surface area contributed by atoms with E-state index in [1.165, 1.54) is 0 Å². The van der Waals surface area contributed by atoms with Crippen molar-refractivity contribution < 1.29 is 14.4 Å². The van der Waals surface area contributed by atoms with Gasteiger partial charge in [0.05, 0.1) is 17.7 Å². The predicted molar refractivity (Wildman–Crippen MR) is 77.6 cm³/mol. The summed E-state index contributed by atoms with van der Waals surface area (Å²) in [7, 11) is 0. The number of carbonyl (C=O) groups excluding carboxylic acids is 3. The van der Waals surface area contributed by atoms with Crippen LogP contribution in [0.1, 0.15) is 31.1 Å². The zero-order chi connectivity index (χ0) is 15.0. The number of fused-ring (bicyclic) bond motifs is 1. The summed E-state index contributed by atoms with van der Waals surface area (Å²) in [6, 6.07) is 12.9. The first-order chi connectivity index (χ1) is 10.1. The molecule has 0 atom stereocenters. The largest absolute Gasteiger partial charge is 0.292 e. The number of halogens is 1. The molecule has 0 saturated heterocycles. The molecule has 0 aliphatic carbocycles. The summed E-state index contributed by atoms with van der Waals surface area (Å²) in [5.74, 6) is -1.17. The van der Waals surface area contributed by atoms with Crippen molar-refractivity contribution >= 4 is 29.2 Å². The fraction of sp³-hybridized carbons (Fsp3) is 0.0625. The Labute approximate surface area is 125 Å². The summed E-state index contributed by atoms with van der Waals surface area (Å²) in [5, 5.41) is 0.521. The van der Waals surface area contributed by atoms with Crippen LogP contribution in [0.4, 0.5) is 0 Å². The van der Waals surface area contributed by atoms with Gasteiger partial charge in [-0.3, -0.25) is 19.3 Å². The number of hydrogen-bond acceptors (Lipinski definition) is 3. The topological polar surface area (TPSA) is 54.5 Å². The van der Waals surface area contributed by atoms with E-state index >= 15 is 0 Å². The van der Waals surface area contributed by atoms with Crippen LogP contribution in [0.3, 0.4) is 0 Å². The van der Waals surface area contributed by atoms with Gasteiger partial charge in [-0.15, -0.1) is 0 Å². The first kappa shape index (κ1) is 13.5. The number of rotatable bonds is 3. The third-order valence-electron chi connectivity index (χ3n) is 3.35. The zero-order valence-corrected chi connectivity index (χ0v) is 11.6. The van der Waals surface area contributed by atoms with Crippen molar-refractivity contribution in [2.24, 2.45) is 0 Å². The Hall–Kier alpha value is -2.46. The second kappa shape index (κ2) is 5.14. The molecule has 5 heteroatoms. The average Bonchev–Trinajstić information content (AvgIpc) is 2.73. The monoisotopic (exact) mass is 299 g/mol. The van der Waals surface area contributed by atoms with E-state index in [2.05, 4.69) is 0 Å². The molecule has 0 saturated carbocycles. The maximum Gasteiger partial charge on any atom is 0.261 e. The number of benzene rings is 2. The van der Waals surface area contributed by atoms with Crippen LogP contribution < -0.4 is 0 Å². The van der Waals surface area contributed by atoms with Crippen LogP contribution >= 0.6 is 11.6 Å². The highest BCUT2D eigenvalue weighted by atomic mass is 35.5. The molecule has 21 heavy (non-hydrogen) atoms. The summed E-state index contributed by atoms with van der Waals surface area (Å²) in [4.78, 5) is 37.5. The fourth-order valence-corrected chi connectivity index (χ4v) is 2.38. The molecule has 0 spiro atoms. The van der Waals surface area contributed by atoms with Crippen LogP contribution in [0.5, 0.6) is 0 Å². The smallest absolute Gasteiger partial charge is 0.261 e. The number of hydrogen-bond donors (Lipinski definition) is 0. The fourth-order valence-electron chi connectivity index (χ4n) is 2.25. The van der Waals surface area contributed by atoms with Crippen LogP contribution in [0.25, 0.3) is 0 Å². The quantitative estimate of drug-likeness (QED) is 0.647. The Morgan fingerprint density at radius 3 is 1.95 bits per heavy atom. The highest BCUT2D eigenvalue weighted by molar-refractivity contribution is 6.30. The Morgan fingerprint density at radius 2 is 1.43 bits per heavy atom. The molecule has 3 rings (SSSR count). The molecule has 4 nitrogen and oxygen atoms in total. The summed E-state index contributed by atoms with van der Waals surface area (Å²) in [6.45, 7) is -0.270. The zero-order valence-electron chi connectivity index (χ0n) is 10.9. The lowest BCUT2D eigenvalue weighted by Crippen LogP contribution is -2.34. The molecule has 0 bridgehead atoms. The van der Waals surface area contributed by atoms with Gasteiger partial charge in [-0.25, -0.2) is 0 Å². The van der Waals surface area contributed by atoms with Crippen LogP contribution in [0, 0.1) is 0 Å². The van der Waals surface area contributed by atoms with Crippen molar-refractivity contribution in [1.82, 2.24) is 4.90 Å². The Bertz CT molecular complexity index is 717. The van der Waals surface area contributed by atoms with E-state index in [0.717, 1.165) is 4.90 Å². The predicted octanol–water partition coefficient (Wildman–Crippen LogP) is 2.82. The molecule has 0 radical (unpaired) electrons. The second-order valence-electron chi connectivity index (χ2n) is 4.67. The third kappa shape index (κ3) is 2.34. The van der Waals surface area contributed by atoms with Gasteiger partial charge in [-0.05, 0) is 36.4 Å². The van der Waals surface area contributed by atoms with Crippen molar-refractivity contribution in [3.8, 4) is 0 Å². The van der Waals surface area contributed by atoms with Crippen LogP contribution in [-0.4, -0.2) is 29.0 Å². The van der Waals surface area contributed by atoms with Gasteiger partial charge in [0.2, 0.25) is 0 Å². The van der Waals surface area contributed by atoms with Crippen molar-refractivity contribution in [1.29, 1.82) is 0 Å². The van der Waals surface area contributed by atoms with E-state index < -0.39 is 11.8 Å². The molecule has 2 aromatic rings. The molecule has 1 heterocycles. The summed E-state index contributed by atoms with van der Waals surface area (Å²) < 4.78 is 0. The molecular formula is C16H10ClNO3. The minimum Gasteiger partial charge on any atom is -0.292 e. The molecule has 2 amide bonds. The lowest BCUT2D eigenvalue weighted by Gasteiger charge is -2.12. The molecular weight excluding hydrogens is 290 g/mol. The molecule has 104 valence electrons. The number of ketones is 1. The lowest BCUT2D eigenvalue weighted by atomic mass is 10.1. The maximum atomic E-state index is 12.2. The highest BCUT2D eigenvalue weighted by Crippen LogP contribution is 2.22. The summed E-state index contributed by atoms with van der Waals surface area (Å²) in [5.41, 5.74) is 1.09. The number of amides is 2. The molecule has 1 aliphatic heterocycles. The van der Waals surface area contributed by atoms with Gasteiger partial charge in [-0.2, -0.15) is 0 Å². The van der Waals surface area contributed by atoms with Crippen molar-refractivity contribution in [2.75, 3.05) is 6.54 Å². The lowest BCUT2D eigenvalue weighted by molar-refractivity contribution is 0.0624. The number of carbonyl (C=O) groups is 3. The first-order valence-corrected chi connectivity index (χ1v) is 6.70.